The maximum absolute atomic E-state index is 13.0. The standard InChI is InChI=1S/C11H11BrFNO3S/c12-8-3-6(13)1-2-7(8)9-4-18(17)5-10(14-9)11(15)16/h1-3,9-10,14H,4-5H2,(H,15,16). The third-order valence-corrected chi connectivity index (χ3v) is 4.84. The highest BCUT2D eigenvalue weighted by molar-refractivity contribution is 9.10. The molecule has 2 N–H and O–H groups in total. The number of hydrogen-bond acceptors (Lipinski definition) is 3. The van der Waals surface area contributed by atoms with Gasteiger partial charge in [-0.1, -0.05) is 22.0 Å². The highest BCUT2D eigenvalue weighted by atomic mass is 79.9. The molecule has 1 heterocycles. The fraction of sp³-hybridized carbons (Fsp3) is 0.364. The lowest BCUT2D eigenvalue weighted by molar-refractivity contribution is -0.139. The number of carboxylic acid groups (broad SMARTS) is 1. The van der Waals surface area contributed by atoms with Gasteiger partial charge in [-0.25, -0.2) is 4.39 Å². The van der Waals surface area contributed by atoms with Crippen molar-refractivity contribution in [1.29, 1.82) is 0 Å². The zero-order chi connectivity index (χ0) is 13.3. The molecule has 0 saturated carbocycles. The van der Waals surface area contributed by atoms with Crippen molar-refractivity contribution in [2.45, 2.75) is 12.1 Å². The normalized spacial score (nSPS) is 28.0. The van der Waals surface area contributed by atoms with Crippen LogP contribution in [0.15, 0.2) is 22.7 Å². The Hall–Kier alpha value is -0.790. The summed E-state index contributed by atoms with van der Waals surface area (Å²) in [4.78, 5) is 10.9. The van der Waals surface area contributed by atoms with Crippen LogP contribution in [0.1, 0.15) is 11.6 Å². The molecule has 0 amide bonds. The Morgan fingerprint density at radius 1 is 1.50 bits per heavy atom. The minimum absolute atomic E-state index is 0.102. The number of halogens is 2. The lowest BCUT2D eigenvalue weighted by Gasteiger charge is -2.29. The Kier molecular flexibility index (Phi) is 4.14. The van der Waals surface area contributed by atoms with E-state index in [4.69, 9.17) is 5.11 Å². The van der Waals surface area contributed by atoms with Crippen LogP contribution in [-0.4, -0.2) is 32.8 Å². The van der Waals surface area contributed by atoms with Crippen molar-refractivity contribution in [1.82, 2.24) is 5.32 Å². The molecule has 1 aliphatic heterocycles. The average Bonchev–Trinajstić information content (AvgIpc) is 2.27. The molecule has 2 rings (SSSR count). The first-order valence-electron chi connectivity index (χ1n) is 5.26. The number of rotatable bonds is 2. The van der Waals surface area contributed by atoms with Gasteiger partial charge in [-0.3, -0.25) is 14.3 Å². The smallest absolute Gasteiger partial charge is 0.321 e. The van der Waals surface area contributed by atoms with E-state index in [1.54, 1.807) is 6.07 Å². The molecule has 7 heteroatoms. The van der Waals surface area contributed by atoms with Gasteiger partial charge in [0, 0.05) is 32.8 Å². The number of benzene rings is 1. The molecule has 3 unspecified atom stereocenters. The summed E-state index contributed by atoms with van der Waals surface area (Å²) in [5.74, 6) is -0.970. The third kappa shape index (κ3) is 2.96. The fourth-order valence-corrected chi connectivity index (χ4v) is 3.91. The van der Waals surface area contributed by atoms with Gasteiger partial charge in [-0.15, -0.1) is 0 Å². The molecule has 4 nitrogen and oxygen atoms in total. The average molecular weight is 336 g/mol. The van der Waals surface area contributed by atoms with Crippen molar-refractivity contribution in [2.75, 3.05) is 11.5 Å². The van der Waals surface area contributed by atoms with E-state index >= 15 is 0 Å². The van der Waals surface area contributed by atoms with Crippen LogP contribution in [0.2, 0.25) is 0 Å². The van der Waals surface area contributed by atoms with Crippen LogP contribution in [0.3, 0.4) is 0 Å². The molecular weight excluding hydrogens is 325 g/mol. The fourth-order valence-electron chi connectivity index (χ4n) is 1.89. The molecule has 1 fully saturated rings. The summed E-state index contributed by atoms with van der Waals surface area (Å²) in [5.41, 5.74) is 0.718. The maximum Gasteiger partial charge on any atom is 0.321 e. The van der Waals surface area contributed by atoms with Crippen molar-refractivity contribution in [2.24, 2.45) is 0 Å². The summed E-state index contributed by atoms with van der Waals surface area (Å²) in [5, 5.41) is 11.9. The van der Waals surface area contributed by atoms with E-state index in [9.17, 15) is 13.4 Å². The van der Waals surface area contributed by atoms with Gasteiger partial charge in [0.25, 0.3) is 0 Å². The Bertz CT molecular complexity index is 511. The minimum atomic E-state index is -1.19. The third-order valence-electron chi connectivity index (χ3n) is 2.74. The SMILES string of the molecule is O=C(O)C1CS(=O)CC(c2ccc(F)cc2Br)N1. The summed E-state index contributed by atoms with van der Waals surface area (Å²) in [6.45, 7) is 0. The molecule has 0 aliphatic carbocycles. The first kappa shape index (κ1) is 13.6. The monoisotopic (exact) mass is 335 g/mol. The van der Waals surface area contributed by atoms with Gasteiger partial charge in [0.05, 0.1) is 0 Å². The van der Waals surface area contributed by atoms with Crippen LogP contribution in [0.4, 0.5) is 4.39 Å². The van der Waals surface area contributed by atoms with Crippen LogP contribution in [0, 0.1) is 5.82 Å². The summed E-state index contributed by atoms with van der Waals surface area (Å²) in [7, 11) is -1.19. The Labute approximate surface area is 114 Å². The van der Waals surface area contributed by atoms with Gasteiger partial charge >= 0.3 is 5.97 Å². The molecule has 0 spiro atoms. The summed E-state index contributed by atoms with van der Waals surface area (Å²) in [6.07, 6.45) is 0. The van der Waals surface area contributed by atoms with Gasteiger partial charge in [0.2, 0.25) is 0 Å². The molecule has 1 aromatic rings. The topological polar surface area (TPSA) is 66.4 Å². The van der Waals surface area contributed by atoms with Crippen LogP contribution < -0.4 is 5.32 Å². The van der Waals surface area contributed by atoms with Gasteiger partial charge in [-0.05, 0) is 17.7 Å². The predicted molar refractivity (Wildman–Crippen MR) is 69.3 cm³/mol. The van der Waals surface area contributed by atoms with Gasteiger partial charge in [0.15, 0.2) is 0 Å². The first-order chi connectivity index (χ1) is 8.47. The van der Waals surface area contributed by atoms with Crippen LogP contribution in [0.5, 0.6) is 0 Å². The highest BCUT2D eigenvalue weighted by Crippen LogP contribution is 2.27. The van der Waals surface area contributed by atoms with Crippen LogP contribution in [-0.2, 0) is 15.6 Å². The second kappa shape index (κ2) is 5.46. The molecule has 0 aromatic heterocycles. The van der Waals surface area contributed by atoms with Crippen molar-refractivity contribution in [3.05, 3.63) is 34.1 Å². The lowest BCUT2D eigenvalue weighted by Crippen LogP contribution is -2.49. The maximum atomic E-state index is 13.0. The Morgan fingerprint density at radius 2 is 2.22 bits per heavy atom. The van der Waals surface area contributed by atoms with Gasteiger partial charge < -0.3 is 5.11 Å². The zero-order valence-electron chi connectivity index (χ0n) is 9.23. The second-order valence-electron chi connectivity index (χ2n) is 4.05. The van der Waals surface area contributed by atoms with E-state index < -0.39 is 22.8 Å². The molecule has 1 saturated heterocycles. The molecule has 18 heavy (non-hydrogen) atoms. The van der Waals surface area contributed by atoms with Crippen molar-refractivity contribution in [3.63, 3.8) is 0 Å². The molecule has 1 aromatic carbocycles. The Morgan fingerprint density at radius 3 is 2.83 bits per heavy atom. The van der Waals surface area contributed by atoms with E-state index in [1.165, 1.54) is 12.1 Å². The molecule has 3 atom stereocenters. The molecular formula is C11H11BrFNO3S. The van der Waals surface area contributed by atoms with E-state index in [-0.39, 0.29) is 17.6 Å². The van der Waals surface area contributed by atoms with E-state index in [0.29, 0.717) is 10.2 Å². The Balaban J connectivity index is 2.26. The summed E-state index contributed by atoms with van der Waals surface area (Å²) in [6, 6.07) is 3.00. The molecule has 0 radical (unpaired) electrons. The number of carboxylic acids is 1. The number of aliphatic carboxylic acids is 1. The second-order valence-corrected chi connectivity index (χ2v) is 6.45. The zero-order valence-corrected chi connectivity index (χ0v) is 11.6. The van der Waals surface area contributed by atoms with E-state index in [0.717, 1.165) is 5.56 Å². The predicted octanol–water partition coefficient (Wildman–Crippen LogP) is 1.43. The molecule has 98 valence electrons. The van der Waals surface area contributed by atoms with Crippen LogP contribution >= 0.6 is 15.9 Å². The summed E-state index contributed by atoms with van der Waals surface area (Å²) >= 11 is 3.23. The molecule has 1 aliphatic rings. The summed E-state index contributed by atoms with van der Waals surface area (Å²) < 4.78 is 25.2. The van der Waals surface area contributed by atoms with Gasteiger partial charge in [-0.2, -0.15) is 0 Å². The molecule has 0 bridgehead atoms. The van der Waals surface area contributed by atoms with Crippen molar-refractivity contribution in [3.8, 4) is 0 Å². The van der Waals surface area contributed by atoms with Gasteiger partial charge in [0.1, 0.15) is 11.9 Å². The highest BCUT2D eigenvalue weighted by Gasteiger charge is 2.31. The largest absolute Gasteiger partial charge is 0.480 e. The van der Waals surface area contributed by atoms with E-state index in [1.807, 2.05) is 0 Å². The number of carbonyl (C=O) groups is 1. The number of hydrogen-bond donors (Lipinski definition) is 2. The van der Waals surface area contributed by atoms with Crippen molar-refractivity contribution < 1.29 is 18.5 Å². The van der Waals surface area contributed by atoms with Crippen molar-refractivity contribution >= 4 is 32.7 Å². The van der Waals surface area contributed by atoms with Crippen LogP contribution in [0.25, 0.3) is 0 Å². The quantitative estimate of drug-likeness (QED) is 0.858. The van der Waals surface area contributed by atoms with E-state index in [2.05, 4.69) is 21.2 Å². The number of nitrogens with one attached hydrogen (secondary N) is 1. The lowest BCUT2D eigenvalue weighted by atomic mass is 10.1. The minimum Gasteiger partial charge on any atom is -0.480 e. The first-order valence-corrected chi connectivity index (χ1v) is 7.54.